The van der Waals surface area contributed by atoms with Gasteiger partial charge in [-0.3, -0.25) is 14.3 Å². The largest absolute Gasteiger partial charge is 0.412 e. The molecule has 34 heavy (non-hydrogen) atoms. The second kappa shape index (κ2) is 9.77. The lowest BCUT2D eigenvalue weighted by Crippen LogP contribution is -2.44. The Bertz CT molecular complexity index is 1130. The minimum atomic E-state index is -3.76. The van der Waals surface area contributed by atoms with Crippen molar-refractivity contribution in [2.45, 2.75) is 68.8 Å². The van der Waals surface area contributed by atoms with Gasteiger partial charge in [0, 0.05) is 18.7 Å². The van der Waals surface area contributed by atoms with E-state index >= 15 is 0 Å². The van der Waals surface area contributed by atoms with Crippen LogP contribution in [0.2, 0.25) is 18.1 Å². The number of benzene rings is 2. The summed E-state index contributed by atoms with van der Waals surface area (Å²) in [6.07, 6.45) is 1.30. The first-order valence-corrected chi connectivity index (χ1v) is 15.6. The number of hydrogen-bond acceptors (Lipinski definition) is 7. The Morgan fingerprint density at radius 1 is 1.12 bits per heavy atom. The Morgan fingerprint density at radius 2 is 1.74 bits per heavy atom. The van der Waals surface area contributed by atoms with Gasteiger partial charge in [-0.05, 0) is 54.7 Å². The minimum Gasteiger partial charge on any atom is -0.412 e. The molecule has 0 bridgehead atoms. The second-order valence-electron chi connectivity index (χ2n) is 10.3. The van der Waals surface area contributed by atoms with Gasteiger partial charge in [0.25, 0.3) is 15.8 Å². The van der Waals surface area contributed by atoms with Crippen molar-refractivity contribution in [2.24, 2.45) is 0 Å². The normalized spacial score (nSPS) is 19.4. The molecule has 1 heterocycles. The average molecular weight is 507 g/mol. The van der Waals surface area contributed by atoms with Crippen molar-refractivity contribution in [3.05, 3.63) is 64.2 Å². The summed E-state index contributed by atoms with van der Waals surface area (Å²) < 4.78 is 35.2. The zero-order valence-electron chi connectivity index (χ0n) is 20.6. The van der Waals surface area contributed by atoms with Crippen molar-refractivity contribution < 1.29 is 22.0 Å². The van der Waals surface area contributed by atoms with E-state index in [4.69, 9.17) is 4.43 Å². The molecular formula is C24H34N2O6SSi. The third-order valence-electron chi connectivity index (χ3n) is 6.93. The fourth-order valence-corrected chi connectivity index (χ4v) is 6.08. The van der Waals surface area contributed by atoms with Crippen molar-refractivity contribution in [3.63, 3.8) is 0 Å². The molecule has 1 aliphatic rings. The Labute approximate surface area is 203 Å². The number of nitro groups is 1. The lowest BCUT2D eigenvalue weighted by Gasteiger charge is -2.38. The van der Waals surface area contributed by atoms with Gasteiger partial charge in [0.05, 0.1) is 23.0 Å². The molecule has 8 nitrogen and oxygen atoms in total. The Kier molecular flexibility index (Phi) is 7.56. The van der Waals surface area contributed by atoms with E-state index in [1.807, 2.05) is 6.07 Å². The first-order valence-electron chi connectivity index (χ1n) is 11.3. The van der Waals surface area contributed by atoms with Crippen molar-refractivity contribution in [1.29, 1.82) is 0 Å². The topological polar surface area (TPSA) is 99.0 Å². The van der Waals surface area contributed by atoms with Crippen molar-refractivity contribution in [1.82, 2.24) is 0 Å². The number of rotatable bonds is 8. The molecule has 10 heteroatoms. The van der Waals surface area contributed by atoms with Gasteiger partial charge < -0.3 is 9.33 Å². The van der Waals surface area contributed by atoms with Crippen LogP contribution >= 0.6 is 0 Å². The summed E-state index contributed by atoms with van der Waals surface area (Å²) in [5, 5.41) is 11.8. The second-order valence-corrected chi connectivity index (χ2v) is 16.7. The predicted octanol–water partition coefficient (Wildman–Crippen LogP) is 5.14. The minimum absolute atomic E-state index is 0.0271. The van der Waals surface area contributed by atoms with E-state index in [9.17, 15) is 18.5 Å². The van der Waals surface area contributed by atoms with Crippen molar-refractivity contribution in [2.75, 3.05) is 18.6 Å². The molecule has 0 amide bonds. The van der Waals surface area contributed by atoms with Crippen LogP contribution in [0, 0.1) is 10.1 Å². The van der Waals surface area contributed by atoms with E-state index < -0.39 is 18.4 Å². The van der Waals surface area contributed by atoms with Crippen LogP contribution in [-0.2, 0) is 25.1 Å². The van der Waals surface area contributed by atoms with Crippen LogP contribution in [0.1, 0.15) is 32.8 Å². The van der Waals surface area contributed by atoms with Gasteiger partial charge in [-0.1, -0.05) is 45.0 Å². The summed E-state index contributed by atoms with van der Waals surface area (Å²) >= 11 is 0. The fraction of sp³-hybridized carbons (Fsp3) is 0.500. The molecule has 0 saturated carbocycles. The Morgan fingerprint density at radius 3 is 2.29 bits per heavy atom. The van der Waals surface area contributed by atoms with Crippen LogP contribution in [0.5, 0.6) is 0 Å². The van der Waals surface area contributed by atoms with Gasteiger partial charge in [0.15, 0.2) is 8.32 Å². The first-order chi connectivity index (χ1) is 15.7. The number of hydrogen-bond donors (Lipinski definition) is 0. The van der Waals surface area contributed by atoms with Gasteiger partial charge in [0.2, 0.25) is 0 Å². The van der Waals surface area contributed by atoms with Gasteiger partial charge >= 0.3 is 0 Å². The lowest BCUT2D eigenvalue weighted by atomic mass is 10.0. The maximum atomic E-state index is 11.9. The first kappa shape index (κ1) is 26.3. The van der Waals surface area contributed by atoms with Gasteiger partial charge in [0.1, 0.15) is 5.69 Å². The number of nitrogens with zero attached hydrogens (tertiary/aromatic N) is 2. The molecular weight excluding hydrogens is 472 g/mol. The smallest absolute Gasteiger partial charge is 0.296 e. The molecule has 1 saturated heterocycles. The van der Waals surface area contributed by atoms with Gasteiger partial charge in [-0.2, -0.15) is 8.42 Å². The van der Waals surface area contributed by atoms with Crippen molar-refractivity contribution >= 4 is 29.8 Å². The molecule has 186 valence electrons. The zero-order valence-corrected chi connectivity index (χ0v) is 22.5. The van der Waals surface area contributed by atoms with Crippen molar-refractivity contribution in [3.8, 4) is 0 Å². The highest BCUT2D eigenvalue weighted by atomic mass is 32.2. The average Bonchev–Trinajstić information content (AvgIpc) is 3.14. The SMILES string of the molecule is COS(=O)(=O)c1ccc(CC2CC(O[Si](C)(C)C(C)(C)C)CN2c2ccccc2[N+](=O)[O-])cc1. The summed E-state index contributed by atoms with van der Waals surface area (Å²) in [5.74, 6) is 0. The molecule has 0 radical (unpaired) electrons. The van der Waals surface area contributed by atoms with E-state index in [1.54, 1.807) is 24.3 Å². The molecule has 2 atom stereocenters. The number of para-hydroxylation sites is 2. The molecule has 2 aromatic carbocycles. The van der Waals surface area contributed by atoms with E-state index in [-0.39, 0.29) is 32.7 Å². The zero-order chi connectivity index (χ0) is 25.3. The summed E-state index contributed by atoms with van der Waals surface area (Å²) in [7, 11) is -4.65. The summed E-state index contributed by atoms with van der Waals surface area (Å²) in [4.78, 5) is 13.6. The maximum absolute atomic E-state index is 11.9. The quantitative estimate of drug-likeness (QED) is 0.211. The van der Waals surface area contributed by atoms with E-state index in [2.05, 4.69) is 42.9 Å². The third kappa shape index (κ3) is 5.68. The summed E-state index contributed by atoms with van der Waals surface area (Å²) in [6.45, 7) is 11.6. The molecule has 0 N–H and O–H groups in total. The predicted molar refractivity (Wildman–Crippen MR) is 135 cm³/mol. The Hall–Kier alpha value is -2.27. The standard InChI is InChI=1S/C24H34N2O6SSi/c1-24(2,3)34(5,6)32-20-16-19(15-18-11-13-21(14-12-18)33(29,30)31-4)25(17-20)22-9-7-8-10-23(22)26(27)28/h7-14,19-20H,15-17H2,1-6H3. The van der Waals surface area contributed by atoms with Crippen LogP contribution in [0.3, 0.4) is 0 Å². The molecule has 0 aliphatic carbocycles. The summed E-state index contributed by atoms with van der Waals surface area (Å²) in [5.41, 5.74) is 1.59. The van der Waals surface area contributed by atoms with E-state index in [1.165, 1.54) is 18.2 Å². The molecule has 1 fully saturated rings. The highest BCUT2D eigenvalue weighted by molar-refractivity contribution is 7.86. The van der Waals surface area contributed by atoms with Crippen LogP contribution < -0.4 is 4.90 Å². The molecule has 2 unspecified atom stereocenters. The molecule has 0 spiro atoms. The highest BCUT2D eigenvalue weighted by Gasteiger charge is 2.43. The molecule has 3 rings (SSSR count). The van der Waals surface area contributed by atoms with Crippen LogP contribution in [0.25, 0.3) is 0 Å². The highest BCUT2D eigenvalue weighted by Crippen LogP contribution is 2.41. The lowest BCUT2D eigenvalue weighted by molar-refractivity contribution is -0.384. The maximum Gasteiger partial charge on any atom is 0.296 e. The Balaban J connectivity index is 1.91. The van der Waals surface area contributed by atoms with Gasteiger partial charge in [-0.25, -0.2) is 0 Å². The number of anilines is 1. The van der Waals surface area contributed by atoms with Crippen LogP contribution in [0.4, 0.5) is 11.4 Å². The number of nitro benzene ring substituents is 1. The molecule has 2 aromatic rings. The summed E-state index contributed by atoms with van der Waals surface area (Å²) in [6, 6.07) is 13.4. The van der Waals surface area contributed by atoms with E-state index in [0.717, 1.165) is 19.1 Å². The molecule has 1 aliphatic heterocycles. The van der Waals surface area contributed by atoms with E-state index in [0.29, 0.717) is 18.7 Å². The monoisotopic (exact) mass is 506 g/mol. The fourth-order valence-electron chi connectivity index (χ4n) is 4.06. The van der Waals surface area contributed by atoms with Crippen LogP contribution in [-0.4, -0.2) is 47.5 Å². The van der Waals surface area contributed by atoms with Gasteiger partial charge in [-0.15, -0.1) is 0 Å². The molecule has 0 aromatic heterocycles. The third-order valence-corrected chi connectivity index (χ3v) is 12.8. The van der Waals surface area contributed by atoms with Crippen LogP contribution in [0.15, 0.2) is 53.4 Å².